The van der Waals surface area contributed by atoms with Crippen LogP contribution in [0.1, 0.15) is 47.7 Å². The zero-order valence-corrected chi connectivity index (χ0v) is 22.6. The first-order chi connectivity index (χ1) is 17.5. The Kier molecular flexibility index (Phi) is 8.14. The third-order valence-corrected chi connectivity index (χ3v) is 6.93. The van der Waals surface area contributed by atoms with Crippen LogP contribution in [0, 0.1) is 0 Å². The topological polar surface area (TPSA) is 76.5 Å². The SMILES string of the molecule is CC(C)(O)c1ccccc1C[C@H](COS(C)(=O)=O)c1cccc(C=Cc2ccc3ccc(Cl)cc3n2)c1. The van der Waals surface area contributed by atoms with Crippen LogP contribution >= 0.6 is 11.6 Å². The van der Waals surface area contributed by atoms with Crippen molar-refractivity contribution >= 4 is 44.8 Å². The Morgan fingerprint density at radius 1 is 1.00 bits per heavy atom. The third kappa shape index (κ3) is 7.49. The van der Waals surface area contributed by atoms with Crippen molar-refractivity contribution in [1.29, 1.82) is 0 Å². The standard InChI is InChI=1S/C30H30ClNO4S/c1-30(2,33)28-10-5-4-8-24(28)18-25(20-36-37(3,34)35)23-9-6-7-21(17-23)11-15-27-16-13-22-12-14-26(31)19-29(22)32-27/h4-17,19,25,33H,18,20H2,1-3H3/t25-/m1/s1. The molecule has 0 aliphatic carbocycles. The molecule has 0 aliphatic heterocycles. The van der Waals surface area contributed by atoms with E-state index in [-0.39, 0.29) is 12.5 Å². The first-order valence-electron chi connectivity index (χ1n) is 12.0. The zero-order valence-electron chi connectivity index (χ0n) is 21.1. The number of aliphatic hydroxyl groups is 1. The van der Waals surface area contributed by atoms with Crippen LogP contribution in [-0.2, 0) is 26.3 Å². The summed E-state index contributed by atoms with van der Waals surface area (Å²) in [6.45, 7) is 3.49. The monoisotopic (exact) mass is 535 g/mol. The Morgan fingerprint density at radius 2 is 1.76 bits per heavy atom. The van der Waals surface area contributed by atoms with Gasteiger partial charge in [0, 0.05) is 16.3 Å². The molecular weight excluding hydrogens is 506 g/mol. The highest BCUT2D eigenvalue weighted by molar-refractivity contribution is 7.85. The summed E-state index contributed by atoms with van der Waals surface area (Å²) in [6, 6.07) is 25.2. The van der Waals surface area contributed by atoms with Gasteiger partial charge in [0.25, 0.3) is 10.1 Å². The molecule has 7 heteroatoms. The number of benzene rings is 3. The number of fused-ring (bicyclic) bond motifs is 1. The molecule has 0 spiro atoms. The molecule has 37 heavy (non-hydrogen) atoms. The van der Waals surface area contributed by atoms with Crippen molar-refractivity contribution in [2.45, 2.75) is 31.8 Å². The molecule has 1 aromatic heterocycles. The van der Waals surface area contributed by atoms with E-state index in [0.717, 1.165) is 45.1 Å². The van der Waals surface area contributed by atoms with E-state index >= 15 is 0 Å². The van der Waals surface area contributed by atoms with E-state index in [2.05, 4.69) is 4.98 Å². The Bertz CT molecular complexity index is 1540. The molecule has 0 bridgehead atoms. The lowest BCUT2D eigenvalue weighted by Crippen LogP contribution is -2.20. The number of nitrogens with zero attached hydrogens (tertiary/aromatic N) is 1. The average Bonchev–Trinajstić information content (AvgIpc) is 2.84. The predicted molar refractivity (Wildman–Crippen MR) is 151 cm³/mol. The highest BCUT2D eigenvalue weighted by Gasteiger charge is 2.23. The third-order valence-electron chi connectivity index (χ3n) is 6.13. The van der Waals surface area contributed by atoms with Gasteiger partial charge in [-0.1, -0.05) is 78.3 Å². The van der Waals surface area contributed by atoms with Crippen LogP contribution in [0.2, 0.25) is 5.02 Å². The number of hydrogen-bond donors (Lipinski definition) is 1. The Balaban J connectivity index is 1.63. The van der Waals surface area contributed by atoms with Gasteiger partial charge < -0.3 is 5.11 Å². The van der Waals surface area contributed by atoms with Gasteiger partial charge in [0.15, 0.2) is 0 Å². The van der Waals surface area contributed by atoms with Gasteiger partial charge in [-0.05, 0) is 66.8 Å². The van der Waals surface area contributed by atoms with Gasteiger partial charge in [0.05, 0.1) is 29.7 Å². The molecule has 1 N–H and O–H groups in total. The van der Waals surface area contributed by atoms with Crippen LogP contribution in [-0.4, -0.2) is 31.4 Å². The minimum Gasteiger partial charge on any atom is -0.386 e. The van der Waals surface area contributed by atoms with Crippen LogP contribution in [0.3, 0.4) is 0 Å². The second-order valence-electron chi connectivity index (χ2n) is 9.68. The molecule has 0 radical (unpaired) electrons. The first kappa shape index (κ1) is 27.0. The molecule has 4 rings (SSSR count). The zero-order chi connectivity index (χ0) is 26.6. The molecule has 1 heterocycles. The van der Waals surface area contributed by atoms with Gasteiger partial charge in [0.1, 0.15) is 0 Å². The van der Waals surface area contributed by atoms with Crippen LogP contribution in [0.15, 0.2) is 78.9 Å². The summed E-state index contributed by atoms with van der Waals surface area (Å²) in [5.41, 5.74) is 4.24. The van der Waals surface area contributed by atoms with Crippen molar-refractivity contribution in [3.63, 3.8) is 0 Å². The van der Waals surface area contributed by atoms with E-state index in [1.807, 2.05) is 91.0 Å². The Hall–Kier alpha value is -3.03. The minimum atomic E-state index is -3.62. The molecule has 0 aliphatic rings. The summed E-state index contributed by atoms with van der Waals surface area (Å²) in [4.78, 5) is 4.67. The lowest BCUT2D eigenvalue weighted by Gasteiger charge is -2.24. The molecule has 0 saturated carbocycles. The molecule has 0 amide bonds. The van der Waals surface area contributed by atoms with E-state index in [0.29, 0.717) is 11.4 Å². The fourth-order valence-electron chi connectivity index (χ4n) is 4.34. The summed E-state index contributed by atoms with van der Waals surface area (Å²) >= 11 is 6.12. The van der Waals surface area contributed by atoms with Crippen molar-refractivity contribution in [2.75, 3.05) is 12.9 Å². The van der Waals surface area contributed by atoms with Crippen molar-refractivity contribution < 1.29 is 17.7 Å². The minimum absolute atomic E-state index is 0.000812. The molecule has 0 saturated heterocycles. The van der Waals surface area contributed by atoms with Crippen molar-refractivity contribution in [3.8, 4) is 0 Å². The lowest BCUT2D eigenvalue weighted by atomic mass is 9.85. The number of aromatic nitrogens is 1. The van der Waals surface area contributed by atoms with Gasteiger partial charge in [-0.2, -0.15) is 8.42 Å². The van der Waals surface area contributed by atoms with E-state index in [1.54, 1.807) is 13.8 Å². The van der Waals surface area contributed by atoms with E-state index in [4.69, 9.17) is 15.8 Å². The van der Waals surface area contributed by atoms with Gasteiger partial charge in [-0.25, -0.2) is 4.98 Å². The summed E-state index contributed by atoms with van der Waals surface area (Å²) in [7, 11) is -3.62. The largest absolute Gasteiger partial charge is 0.386 e. The Morgan fingerprint density at radius 3 is 2.51 bits per heavy atom. The molecule has 5 nitrogen and oxygen atoms in total. The fourth-order valence-corrected chi connectivity index (χ4v) is 4.91. The molecule has 4 aromatic rings. The van der Waals surface area contributed by atoms with E-state index in [9.17, 15) is 13.5 Å². The van der Waals surface area contributed by atoms with E-state index < -0.39 is 15.7 Å². The molecule has 192 valence electrons. The summed E-state index contributed by atoms with van der Waals surface area (Å²) in [6.07, 6.45) is 5.47. The van der Waals surface area contributed by atoms with Crippen molar-refractivity contribution in [2.24, 2.45) is 0 Å². The van der Waals surface area contributed by atoms with Crippen molar-refractivity contribution in [1.82, 2.24) is 4.98 Å². The quantitative estimate of drug-likeness (QED) is 0.245. The second-order valence-corrected chi connectivity index (χ2v) is 11.8. The highest BCUT2D eigenvalue weighted by atomic mass is 35.5. The van der Waals surface area contributed by atoms with Crippen LogP contribution in [0.4, 0.5) is 0 Å². The van der Waals surface area contributed by atoms with Crippen LogP contribution in [0.5, 0.6) is 0 Å². The molecule has 3 aromatic carbocycles. The first-order valence-corrected chi connectivity index (χ1v) is 14.2. The maximum Gasteiger partial charge on any atom is 0.264 e. The van der Waals surface area contributed by atoms with Crippen LogP contribution in [0.25, 0.3) is 23.1 Å². The molecular formula is C30H30ClNO4S. The normalized spacial score (nSPS) is 13.3. The van der Waals surface area contributed by atoms with Crippen molar-refractivity contribution in [3.05, 3.63) is 112 Å². The number of pyridine rings is 1. The summed E-state index contributed by atoms with van der Waals surface area (Å²) in [5, 5.41) is 12.3. The van der Waals surface area contributed by atoms with Gasteiger partial charge in [-0.15, -0.1) is 0 Å². The Labute approximate surface area is 223 Å². The fraction of sp³-hybridized carbons (Fsp3) is 0.233. The maximum atomic E-state index is 11.8. The summed E-state index contributed by atoms with van der Waals surface area (Å²) in [5.74, 6) is -0.243. The van der Waals surface area contributed by atoms with E-state index in [1.165, 1.54) is 0 Å². The van der Waals surface area contributed by atoms with Gasteiger partial charge >= 0.3 is 0 Å². The lowest BCUT2D eigenvalue weighted by molar-refractivity contribution is 0.0774. The average molecular weight is 536 g/mol. The summed E-state index contributed by atoms with van der Waals surface area (Å²) < 4.78 is 28.8. The highest BCUT2D eigenvalue weighted by Crippen LogP contribution is 2.30. The number of halogens is 1. The predicted octanol–water partition coefficient (Wildman–Crippen LogP) is 6.59. The van der Waals surface area contributed by atoms with Gasteiger partial charge in [-0.3, -0.25) is 4.18 Å². The number of rotatable bonds is 9. The molecule has 0 fully saturated rings. The molecule has 0 unspecified atom stereocenters. The van der Waals surface area contributed by atoms with Crippen LogP contribution < -0.4 is 0 Å². The molecule has 1 atom stereocenters. The maximum absolute atomic E-state index is 11.8. The van der Waals surface area contributed by atoms with Gasteiger partial charge in [0.2, 0.25) is 0 Å². The second kappa shape index (κ2) is 11.2. The number of hydrogen-bond acceptors (Lipinski definition) is 5. The smallest absolute Gasteiger partial charge is 0.264 e.